The van der Waals surface area contributed by atoms with Gasteiger partial charge in [-0.1, -0.05) is 27.7 Å². The summed E-state index contributed by atoms with van der Waals surface area (Å²) in [5.74, 6) is 2.15. The fourth-order valence-electron chi connectivity index (χ4n) is 5.25. The van der Waals surface area contributed by atoms with E-state index in [1.54, 1.807) is 0 Å². The van der Waals surface area contributed by atoms with Gasteiger partial charge in [0.15, 0.2) is 0 Å². The topological polar surface area (TPSA) is 37.3 Å². The molecule has 0 aromatic heterocycles. The normalized spacial score (nSPS) is 49.3. The molecule has 2 nitrogen and oxygen atoms in total. The molecule has 4 fully saturated rings. The van der Waals surface area contributed by atoms with Crippen LogP contribution in [-0.4, -0.2) is 11.1 Å². The quantitative estimate of drug-likeness (QED) is 0.797. The largest absolute Gasteiger partial charge is 0.481 e. The molecule has 4 aliphatic carbocycles. The van der Waals surface area contributed by atoms with Crippen molar-refractivity contribution in [3.8, 4) is 0 Å². The predicted molar refractivity (Wildman–Crippen MR) is 66.5 cm³/mol. The summed E-state index contributed by atoms with van der Waals surface area (Å²) >= 11 is 0. The Hall–Kier alpha value is -0.530. The van der Waals surface area contributed by atoms with Crippen LogP contribution < -0.4 is 0 Å². The summed E-state index contributed by atoms with van der Waals surface area (Å²) in [6.07, 6.45) is 3.96. The molecule has 4 aliphatic rings. The van der Waals surface area contributed by atoms with Crippen LogP contribution in [0.15, 0.2) is 0 Å². The van der Waals surface area contributed by atoms with E-state index in [4.69, 9.17) is 0 Å². The third-order valence-corrected chi connectivity index (χ3v) is 6.55. The molecule has 0 saturated heterocycles. The fourth-order valence-corrected chi connectivity index (χ4v) is 5.25. The van der Waals surface area contributed by atoms with Gasteiger partial charge in [0.25, 0.3) is 0 Å². The molecule has 5 unspecified atom stereocenters. The molecule has 5 atom stereocenters. The van der Waals surface area contributed by atoms with Crippen molar-refractivity contribution in [2.75, 3.05) is 0 Å². The number of aliphatic carboxylic acids is 1. The van der Waals surface area contributed by atoms with Gasteiger partial charge in [0.05, 0.1) is 5.92 Å². The first-order chi connectivity index (χ1) is 7.78. The average Bonchev–Trinajstić information content (AvgIpc) is 2.81. The summed E-state index contributed by atoms with van der Waals surface area (Å²) in [5, 5.41) is 9.32. The lowest BCUT2D eigenvalue weighted by Crippen LogP contribution is -2.53. The molecule has 0 radical (unpaired) electrons. The third-order valence-electron chi connectivity index (χ3n) is 6.55. The standard InChI is InChI=1S/C15H24O2/c1-14(2)8-5-6-9(10(14)7-8)11-12(13(16)17)15(11,3)4/h8-12H,5-7H2,1-4H3,(H,16,17). The first-order valence-corrected chi connectivity index (χ1v) is 7.00. The molecule has 0 spiro atoms. The fraction of sp³-hybridized carbons (Fsp3) is 0.933. The molecule has 0 heterocycles. The summed E-state index contributed by atoms with van der Waals surface area (Å²) in [4.78, 5) is 11.3. The second-order valence-electron chi connectivity index (χ2n) is 7.76. The van der Waals surface area contributed by atoms with Crippen LogP contribution >= 0.6 is 0 Å². The Labute approximate surface area is 104 Å². The van der Waals surface area contributed by atoms with Gasteiger partial charge in [0.1, 0.15) is 0 Å². The smallest absolute Gasteiger partial charge is 0.307 e. The molecular weight excluding hydrogens is 212 g/mol. The number of carboxylic acid groups (broad SMARTS) is 1. The van der Waals surface area contributed by atoms with Crippen molar-refractivity contribution in [3.05, 3.63) is 0 Å². The van der Waals surface area contributed by atoms with Crippen molar-refractivity contribution in [1.82, 2.24) is 0 Å². The monoisotopic (exact) mass is 236 g/mol. The number of fused-ring (bicyclic) bond motifs is 2. The van der Waals surface area contributed by atoms with Gasteiger partial charge < -0.3 is 5.11 Å². The Morgan fingerprint density at radius 1 is 1.12 bits per heavy atom. The molecule has 17 heavy (non-hydrogen) atoms. The Balaban J connectivity index is 1.81. The summed E-state index contributed by atoms with van der Waals surface area (Å²) in [6.45, 7) is 9.08. The van der Waals surface area contributed by atoms with Crippen LogP contribution in [0.5, 0.6) is 0 Å². The van der Waals surface area contributed by atoms with Gasteiger partial charge in [-0.2, -0.15) is 0 Å². The molecular formula is C15H24O2. The minimum absolute atomic E-state index is 0.0367. The maximum Gasteiger partial charge on any atom is 0.307 e. The Kier molecular flexibility index (Phi) is 2.09. The predicted octanol–water partition coefficient (Wildman–Crippen LogP) is 3.42. The van der Waals surface area contributed by atoms with E-state index in [-0.39, 0.29) is 11.3 Å². The number of carboxylic acids is 1. The Bertz CT molecular complexity index is 367. The Morgan fingerprint density at radius 2 is 1.76 bits per heavy atom. The molecule has 0 aromatic carbocycles. The minimum atomic E-state index is -0.570. The third kappa shape index (κ3) is 1.30. The van der Waals surface area contributed by atoms with Gasteiger partial charge in [-0.15, -0.1) is 0 Å². The number of hydrogen-bond acceptors (Lipinski definition) is 1. The lowest BCUT2D eigenvalue weighted by molar-refractivity contribution is -0.141. The highest BCUT2D eigenvalue weighted by molar-refractivity contribution is 5.75. The molecule has 2 bridgehead atoms. The zero-order valence-electron chi connectivity index (χ0n) is 11.4. The van der Waals surface area contributed by atoms with Crippen LogP contribution in [0.3, 0.4) is 0 Å². The maximum absolute atomic E-state index is 11.3. The Morgan fingerprint density at radius 3 is 2.18 bits per heavy atom. The van der Waals surface area contributed by atoms with E-state index < -0.39 is 5.97 Å². The highest BCUT2D eigenvalue weighted by Crippen LogP contribution is 2.71. The second-order valence-corrected chi connectivity index (χ2v) is 7.76. The van der Waals surface area contributed by atoms with E-state index >= 15 is 0 Å². The van der Waals surface area contributed by atoms with Crippen molar-refractivity contribution >= 4 is 5.97 Å². The van der Waals surface area contributed by atoms with Crippen molar-refractivity contribution in [3.63, 3.8) is 0 Å². The molecule has 0 aliphatic heterocycles. The summed E-state index contributed by atoms with van der Waals surface area (Å²) in [6, 6.07) is 0. The molecule has 0 aromatic rings. The van der Waals surface area contributed by atoms with Crippen LogP contribution in [0, 0.1) is 40.4 Å². The van der Waals surface area contributed by atoms with E-state index in [0.717, 1.165) is 11.8 Å². The molecule has 4 saturated carbocycles. The zero-order chi connectivity index (χ0) is 12.6. The van der Waals surface area contributed by atoms with Crippen molar-refractivity contribution in [1.29, 1.82) is 0 Å². The molecule has 0 amide bonds. The van der Waals surface area contributed by atoms with Crippen molar-refractivity contribution < 1.29 is 9.90 Å². The maximum atomic E-state index is 11.3. The highest BCUT2D eigenvalue weighted by atomic mass is 16.4. The van der Waals surface area contributed by atoms with Gasteiger partial charge in [-0.3, -0.25) is 4.79 Å². The van der Waals surface area contributed by atoms with Gasteiger partial charge in [0, 0.05) is 0 Å². The molecule has 1 N–H and O–H groups in total. The summed E-state index contributed by atoms with van der Waals surface area (Å²) in [7, 11) is 0. The van der Waals surface area contributed by atoms with Gasteiger partial charge in [-0.25, -0.2) is 0 Å². The lowest BCUT2D eigenvalue weighted by Gasteiger charge is -2.60. The summed E-state index contributed by atoms with van der Waals surface area (Å²) < 4.78 is 0. The van der Waals surface area contributed by atoms with E-state index in [9.17, 15) is 9.90 Å². The highest BCUT2D eigenvalue weighted by Gasteiger charge is 2.69. The van der Waals surface area contributed by atoms with Gasteiger partial charge in [-0.05, 0) is 53.8 Å². The van der Waals surface area contributed by atoms with Crippen LogP contribution in [0.2, 0.25) is 0 Å². The van der Waals surface area contributed by atoms with Crippen molar-refractivity contribution in [2.24, 2.45) is 40.4 Å². The first kappa shape index (κ1) is 11.6. The number of carbonyl (C=O) groups is 1. The van der Waals surface area contributed by atoms with Crippen LogP contribution in [0.25, 0.3) is 0 Å². The second kappa shape index (κ2) is 3.07. The van der Waals surface area contributed by atoms with Crippen LogP contribution in [-0.2, 0) is 4.79 Å². The lowest BCUT2D eigenvalue weighted by atomic mass is 9.44. The van der Waals surface area contributed by atoms with Crippen molar-refractivity contribution in [2.45, 2.75) is 47.0 Å². The van der Waals surface area contributed by atoms with E-state index in [2.05, 4.69) is 27.7 Å². The minimum Gasteiger partial charge on any atom is -0.481 e. The molecule has 96 valence electrons. The molecule has 2 heteroatoms. The number of rotatable bonds is 2. The zero-order valence-corrected chi connectivity index (χ0v) is 11.4. The van der Waals surface area contributed by atoms with Crippen LogP contribution in [0.4, 0.5) is 0 Å². The van der Waals surface area contributed by atoms with E-state index in [1.807, 2.05) is 0 Å². The van der Waals surface area contributed by atoms with Crippen LogP contribution in [0.1, 0.15) is 47.0 Å². The van der Waals surface area contributed by atoms with Gasteiger partial charge in [0.2, 0.25) is 0 Å². The van der Waals surface area contributed by atoms with E-state index in [0.29, 0.717) is 17.3 Å². The van der Waals surface area contributed by atoms with E-state index in [1.165, 1.54) is 19.3 Å². The number of hydrogen-bond donors (Lipinski definition) is 1. The van der Waals surface area contributed by atoms with Gasteiger partial charge >= 0.3 is 5.97 Å². The average molecular weight is 236 g/mol. The SMILES string of the molecule is CC1(C)C2CCC(C3C(C(=O)O)C3(C)C)C1C2. The summed E-state index contributed by atoms with van der Waals surface area (Å²) in [5.41, 5.74) is 0.514. The first-order valence-electron chi connectivity index (χ1n) is 7.00. The molecule has 4 rings (SSSR count).